The van der Waals surface area contributed by atoms with E-state index in [1.54, 1.807) is 14.0 Å². The molecule has 1 aromatic rings. The van der Waals surface area contributed by atoms with Gasteiger partial charge in [-0.2, -0.15) is 5.10 Å². The van der Waals surface area contributed by atoms with E-state index in [1.165, 1.54) is 4.68 Å². The molecule has 0 amide bonds. The SMILES string of the molecule is Cc1nn(C)c(Br)c1C(=O)O. The number of rotatable bonds is 1. The summed E-state index contributed by atoms with van der Waals surface area (Å²) in [5.41, 5.74) is 0.749. The number of nitrogens with zero attached hydrogens (tertiary/aromatic N) is 2. The van der Waals surface area contributed by atoms with Crippen molar-refractivity contribution in [3.63, 3.8) is 0 Å². The monoisotopic (exact) mass is 218 g/mol. The van der Waals surface area contributed by atoms with Crippen LogP contribution in [-0.4, -0.2) is 20.9 Å². The summed E-state index contributed by atoms with van der Waals surface area (Å²) >= 11 is 3.12. The topological polar surface area (TPSA) is 55.1 Å². The Morgan fingerprint density at radius 3 is 2.45 bits per heavy atom. The fourth-order valence-corrected chi connectivity index (χ4v) is 1.41. The van der Waals surface area contributed by atoms with E-state index in [0.717, 1.165) is 0 Å². The Morgan fingerprint density at radius 1 is 1.73 bits per heavy atom. The van der Waals surface area contributed by atoms with Gasteiger partial charge >= 0.3 is 5.97 Å². The molecule has 1 rings (SSSR count). The summed E-state index contributed by atoms with van der Waals surface area (Å²) in [5, 5.41) is 12.6. The average molecular weight is 219 g/mol. The van der Waals surface area contributed by atoms with Crippen molar-refractivity contribution in [2.24, 2.45) is 7.05 Å². The second-order valence-corrected chi connectivity index (χ2v) is 2.93. The molecule has 1 heterocycles. The lowest BCUT2D eigenvalue weighted by Crippen LogP contribution is -1.98. The predicted octanol–water partition coefficient (Wildman–Crippen LogP) is 1.19. The maximum absolute atomic E-state index is 10.6. The van der Waals surface area contributed by atoms with Gasteiger partial charge in [0.25, 0.3) is 0 Å². The normalized spacial score (nSPS) is 10.1. The third kappa shape index (κ3) is 1.28. The van der Waals surface area contributed by atoms with Crippen LogP contribution in [0.15, 0.2) is 4.60 Å². The Labute approximate surface area is 72.0 Å². The van der Waals surface area contributed by atoms with Crippen molar-refractivity contribution in [3.8, 4) is 0 Å². The van der Waals surface area contributed by atoms with Crippen LogP contribution < -0.4 is 0 Å². The fraction of sp³-hybridized carbons (Fsp3) is 0.333. The molecule has 0 aliphatic rings. The van der Waals surface area contributed by atoms with Crippen LogP contribution in [-0.2, 0) is 7.05 Å². The van der Waals surface area contributed by atoms with E-state index in [4.69, 9.17) is 5.11 Å². The molecular formula is C6H7BrN2O2. The quantitative estimate of drug-likeness (QED) is 0.771. The average Bonchev–Trinajstić information content (AvgIpc) is 2.07. The number of aryl methyl sites for hydroxylation is 2. The van der Waals surface area contributed by atoms with E-state index in [1.807, 2.05) is 0 Å². The molecule has 0 aliphatic heterocycles. The van der Waals surface area contributed by atoms with Crippen molar-refractivity contribution in [3.05, 3.63) is 15.9 Å². The molecule has 1 N–H and O–H groups in total. The first-order valence-electron chi connectivity index (χ1n) is 2.96. The summed E-state index contributed by atoms with van der Waals surface area (Å²) in [6.45, 7) is 1.66. The van der Waals surface area contributed by atoms with Crippen LogP contribution in [0.1, 0.15) is 16.1 Å². The van der Waals surface area contributed by atoms with Crippen molar-refractivity contribution in [1.29, 1.82) is 0 Å². The Bertz CT molecular complexity index is 306. The Kier molecular flexibility index (Phi) is 1.99. The van der Waals surface area contributed by atoms with Gasteiger partial charge in [-0.1, -0.05) is 0 Å². The van der Waals surface area contributed by atoms with E-state index in [9.17, 15) is 4.79 Å². The van der Waals surface area contributed by atoms with Gasteiger partial charge in [0.1, 0.15) is 10.2 Å². The minimum absolute atomic E-state index is 0.229. The lowest BCUT2D eigenvalue weighted by Gasteiger charge is -1.91. The number of aromatic carboxylic acids is 1. The van der Waals surface area contributed by atoms with E-state index in [-0.39, 0.29) is 5.56 Å². The summed E-state index contributed by atoms with van der Waals surface area (Å²) in [6, 6.07) is 0. The second kappa shape index (κ2) is 2.65. The van der Waals surface area contributed by atoms with Crippen LogP contribution in [0.5, 0.6) is 0 Å². The highest BCUT2D eigenvalue weighted by atomic mass is 79.9. The van der Waals surface area contributed by atoms with Gasteiger partial charge in [-0.15, -0.1) is 0 Å². The molecule has 0 spiro atoms. The Hall–Kier alpha value is -0.840. The molecule has 0 aromatic carbocycles. The van der Waals surface area contributed by atoms with Crippen LogP contribution in [0.25, 0.3) is 0 Å². The summed E-state index contributed by atoms with van der Waals surface area (Å²) in [5.74, 6) is -0.956. The van der Waals surface area contributed by atoms with Crippen molar-refractivity contribution in [2.45, 2.75) is 6.92 Å². The number of carbonyl (C=O) groups is 1. The van der Waals surface area contributed by atoms with Crippen LogP contribution in [0.4, 0.5) is 0 Å². The molecule has 0 saturated carbocycles. The first kappa shape index (κ1) is 8.26. The molecule has 1 aromatic heterocycles. The van der Waals surface area contributed by atoms with Gasteiger partial charge in [0, 0.05) is 7.05 Å². The summed E-state index contributed by atoms with van der Waals surface area (Å²) in [7, 11) is 1.68. The maximum atomic E-state index is 10.6. The maximum Gasteiger partial charge on any atom is 0.340 e. The number of carboxylic acids is 1. The van der Waals surface area contributed by atoms with Crippen molar-refractivity contribution in [2.75, 3.05) is 0 Å². The first-order valence-corrected chi connectivity index (χ1v) is 3.75. The van der Waals surface area contributed by atoms with Crippen LogP contribution in [0.3, 0.4) is 0 Å². The summed E-state index contributed by atoms with van der Waals surface area (Å²) in [4.78, 5) is 10.6. The number of hydrogen-bond acceptors (Lipinski definition) is 2. The molecule has 0 saturated heterocycles. The largest absolute Gasteiger partial charge is 0.478 e. The molecule has 11 heavy (non-hydrogen) atoms. The van der Waals surface area contributed by atoms with Gasteiger partial charge in [0.2, 0.25) is 0 Å². The van der Waals surface area contributed by atoms with E-state index in [0.29, 0.717) is 10.3 Å². The first-order chi connectivity index (χ1) is 5.04. The Morgan fingerprint density at radius 2 is 2.27 bits per heavy atom. The molecular weight excluding hydrogens is 212 g/mol. The van der Waals surface area contributed by atoms with Gasteiger partial charge in [-0.3, -0.25) is 4.68 Å². The third-order valence-corrected chi connectivity index (χ3v) is 2.28. The molecule has 0 aliphatic carbocycles. The molecule has 4 nitrogen and oxygen atoms in total. The molecule has 0 unspecified atom stereocenters. The number of carboxylic acid groups (broad SMARTS) is 1. The second-order valence-electron chi connectivity index (χ2n) is 2.18. The van der Waals surface area contributed by atoms with Gasteiger partial charge < -0.3 is 5.11 Å². The number of aromatic nitrogens is 2. The number of hydrogen-bond donors (Lipinski definition) is 1. The smallest absolute Gasteiger partial charge is 0.340 e. The van der Waals surface area contributed by atoms with Crippen molar-refractivity contribution in [1.82, 2.24) is 9.78 Å². The van der Waals surface area contributed by atoms with E-state index in [2.05, 4.69) is 21.0 Å². The predicted molar refractivity (Wildman–Crippen MR) is 42.6 cm³/mol. The van der Waals surface area contributed by atoms with Crippen molar-refractivity contribution < 1.29 is 9.90 Å². The van der Waals surface area contributed by atoms with Crippen LogP contribution >= 0.6 is 15.9 Å². The molecule has 5 heteroatoms. The molecule has 0 radical (unpaired) electrons. The fourth-order valence-electron chi connectivity index (χ4n) is 0.873. The standard InChI is InChI=1S/C6H7BrN2O2/c1-3-4(6(10)11)5(7)9(2)8-3/h1-2H3,(H,10,11). The van der Waals surface area contributed by atoms with Crippen LogP contribution in [0, 0.1) is 6.92 Å². The minimum atomic E-state index is -0.956. The molecule has 60 valence electrons. The zero-order valence-corrected chi connectivity index (χ0v) is 7.71. The van der Waals surface area contributed by atoms with Crippen LogP contribution in [0.2, 0.25) is 0 Å². The zero-order valence-electron chi connectivity index (χ0n) is 6.13. The molecule has 0 fully saturated rings. The minimum Gasteiger partial charge on any atom is -0.478 e. The van der Waals surface area contributed by atoms with Gasteiger partial charge in [0.15, 0.2) is 0 Å². The third-order valence-electron chi connectivity index (χ3n) is 1.37. The van der Waals surface area contributed by atoms with E-state index < -0.39 is 5.97 Å². The number of halogens is 1. The highest BCUT2D eigenvalue weighted by Gasteiger charge is 2.16. The van der Waals surface area contributed by atoms with Gasteiger partial charge in [-0.25, -0.2) is 4.79 Å². The zero-order chi connectivity index (χ0) is 8.59. The highest BCUT2D eigenvalue weighted by molar-refractivity contribution is 9.10. The lowest BCUT2D eigenvalue weighted by molar-refractivity contribution is 0.0695. The van der Waals surface area contributed by atoms with Gasteiger partial charge in [0.05, 0.1) is 5.69 Å². The molecule has 0 bridgehead atoms. The Balaban J connectivity index is 3.34. The summed E-state index contributed by atoms with van der Waals surface area (Å²) < 4.78 is 1.99. The highest BCUT2D eigenvalue weighted by Crippen LogP contribution is 2.18. The van der Waals surface area contributed by atoms with Crippen molar-refractivity contribution >= 4 is 21.9 Å². The molecule has 0 atom stereocenters. The van der Waals surface area contributed by atoms with Gasteiger partial charge in [-0.05, 0) is 22.9 Å². The lowest BCUT2D eigenvalue weighted by atomic mass is 10.3. The summed E-state index contributed by atoms with van der Waals surface area (Å²) in [6.07, 6.45) is 0. The van der Waals surface area contributed by atoms with E-state index >= 15 is 0 Å².